The van der Waals surface area contributed by atoms with E-state index in [2.05, 4.69) is 62.1 Å². The molecule has 1 atom stereocenters. The molecule has 1 amide bonds. The molecule has 0 aliphatic carbocycles. The van der Waals surface area contributed by atoms with Crippen LogP contribution in [0.2, 0.25) is 0 Å². The number of aromatic nitrogens is 3. The second-order valence-corrected chi connectivity index (χ2v) is 9.36. The largest absolute Gasteiger partial charge is 0.336 e. The number of rotatable bonds is 6. The van der Waals surface area contributed by atoms with Gasteiger partial charge < -0.3 is 9.47 Å². The maximum Gasteiger partial charge on any atom is 0.253 e. The van der Waals surface area contributed by atoms with E-state index in [9.17, 15) is 4.79 Å². The Morgan fingerprint density at radius 2 is 1.82 bits per heavy atom. The molecule has 0 radical (unpaired) electrons. The first kappa shape index (κ1) is 21.8. The molecule has 0 N–H and O–H groups in total. The van der Waals surface area contributed by atoms with Crippen LogP contribution in [0.5, 0.6) is 0 Å². The number of fused-ring (bicyclic) bond motifs is 1. The number of benzene rings is 2. The molecule has 0 bridgehead atoms. The lowest BCUT2D eigenvalue weighted by Gasteiger charge is -2.35. The van der Waals surface area contributed by atoms with E-state index in [0.29, 0.717) is 5.92 Å². The van der Waals surface area contributed by atoms with Gasteiger partial charge in [-0.1, -0.05) is 42.5 Å². The third-order valence-corrected chi connectivity index (χ3v) is 7.18. The number of amides is 1. The minimum absolute atomic E-state index is 0.165. The van der Waals surface area contributed by atoms with E-state index in [-0.39, 0.29) is 5.91 Å². The van der Waals surface area contributed by atoms with Crippen LogP contribution in [0.1, 0.15) is 51.9 Å². The number of aryl methyl sites for hydroxylation is 3. The van der Waals surface area contributed by atoms with Crippen molar-refractivity contribution in [2.24, 2.45) is 0 Å². The molecular weight excluding hydrogens is 410 g/mol. The van der Waals surface area contributed by atoms with Gasteiger partial charge in [0, 0.05) is 50.6 Å². The van der Waals surface area contributed by atoms with Crippen molar-refractivity contribution < 1.29 is 4.79 Å². The minimum Gasteiger partial charge on any atom is -0.336 e. The third kappa shape index (κ3) is 5.01. The van der Waals surface area contributed by atoms with Crippen LogP contribution in [0.15, 0.2) is 54.6 Å². The Bertz CT molecular complexity index is 1080. The molecule has 1 saturated heterocycles. The van der Waals surface area contributed by atoms with E-state index in [1.165, 1.54) is 11.1 Å². The van der Waals surface area contributed by atoms with Crippen molar-refractivity contribution in [2.45, 2.75) is 45.1 Å². The molecule has 2 aliphatic rings. The predicted octanol–water partition coefficient (Wildman–Crippen LogP) is 3.71. The van der Waals surface area contributed by atoms with Crippen molar-refractivity contribution in [3.05, 3.63) is 82.9 Å². The quantitative estimate of drug-likeness (QED) is 0.583. The van der Waals surface area contributed by atoms with Crippen molar-refractivity contribution in [2.75, 3.05) is 32.7 Å². The first-order valence-electron chi connectivity index (χ1n) is 12.2. The maximum atomic E-state index is 13.2. The Labute approximate surface area is 196 Å². The molecule has 1 fully saturated rings. The van der Waals surface area contributed by atoms with Gasteiger partial charge in [-0.25, -0.2) is 0 Å². The fourth-order valence-electron chi connectivity index (χ4n) is 5.17. The number of hydrogen-bond acceptors (Lipinski definition) is 4. The maximum absolute atomic E-state index is 13.2. The molecule has 2 aliphatic heterocycles. The summed E-state index contributed by atoms with van der Waals surface area (Å²) in [5, 5.41) is 8.50. The second-order valence-electron chi connectivity index (χ2n) is 9.36. The molecule has 6 heteroatoms. The molecule has 1 aromatic heterocycles. The van der Waals surface area contributed by atoms with Crippen molar-refractivity contribution in [1.82, 2.24) is 24.6 Å². The Balaban J connectivity index is 1.14. The fourth-order valence-corrected chi connectivity index (χ4v) is 5.17. The van der Waals surface area contributed by atoms with Crippen LogP contribution in [-0.4, -0.2) is 63.2 Å². The lowest BCUT2D eigenvalue weighted by atomic mass is 9.90. The van der Waals surface area contributed by atoms with Crippen molar-refractivity contribution in [3.8, 4) is 0 Å². The van der Waals surface area contributed by atoms with Gasteiger partial charge in [-0.05, 0) is 56.0 Å². The number of nitrogens with zero attached hydrogens (tertiary/aromatic N) is 5. The zero-order valence-electron chi connectivity index (χ0n) is 19.5. The number of hydrogen-bond donors (Lipinski definition) is 0. The number of piperazine rings is 1. The lowest BCUT2D eigenvalue weighted by molar-refractivity contribution is 0.0636. The molecular formula is C27H33N5O. The normalized spacial score (nSPS) is 18.8. The third-order valence-electron chi connectivity index (χ3n) is 7.18. The van der Waals surface area contributed by atoms with Crippen LogP contribution in [-0.2, 0) is 19.4 Å². The highest BCUT2D eigenvalue weighted by Crippen LogP contribution is 2.29. The summed E-state index contributed by atoms with van der Waals surface area (Å²) in [7, 11) is 0. The van der Waals surface area contributed by atoms with Crippen LogP contribution in [0.25, 0.3) is 0 Å². The Kier molecular flexibility index (Phi) is 6.53. The van der Waals surface area contributed by atoms with Crippen molar-refractivity contribution in [1.29, 1.82) is 0 Å². The molecule has 172 valence electrons. The lowest BCUT2D eigenvalue weighted by Crippen LogP contribution is -2.48. The van der Waals surface area contributed by atoms with Gasteiger partial charge in [-0.2, -0.15) is 0 Å². The summed E-state index contributed by atoms with van der Waals surface area (Å²) in [6, 6.07) is 19.0. The summed E-state index contributed by atoms with van der Waals surface area (Å²) in [5.74, 6) is 2.63. The molecule has 33 heavy (non-hydrogen) atoms. The monoisotopic (exact) mass is 443 g/mol. The molecule has 5 rings (SSSR count). The van der Waals surface area contributed by atoms with E-state index >= 15 is 0 Å². The topological polar surface area (TPSA) is 54.3 Å². The van der Waals surface area contributed by atoms with Gasteiger partial charge >= 0.3 is 0 Å². The van der Waals surface area contributed by atoms with Gasteiger partial charge in [0.05, 0.1) is 0 Å². The predicted molar refractivity (Wildman–Crippen MR) is 129 cm³/mol. The average Bonchev–Trinajstić information content (AvgIpc) is 3.25. The van der Waals surface area contributed by atoms with Gasteiger partial charge in [-0.15, -0.1) is 10.2 Å². The summed E-state index contributed by atoms with van der Waals surface area (Å²) >= 11 is 0. The van der Waals surface area contributed by atoms with Crippen molar-refractivity contribution >= 4 is 5.91 Å². The Morgan fingerprint density at radius 3 is 2.64 bits per heavy atom. The highest BCUT2D eigenvalue weighted by molar-refractivity contribution is 5.94. The first-order valence-corrected chi connectivity index (χ1v) is 12.2. The zero-order valence-corrected chi connectivity index (χ0v) is 19.5. The van der Waals surface area contributed by atoms with Gasteiger partial charge in [-0.3, -0.25) is 9.69 Å². The minimum atomic E-state index is 0.165. The zero-order chi connectivity index (χ0) is 22.6. The van der Waals surface area contributed by atoms with Crippen LogP contribution < -0.4 is 0 Å². The van der Waals surface area contributed by atoms with Gasteiger partial charge in [0.2, 0.25) is 0 Å². The fraction of sp³-hybridized carbons (Fsp3) is 0.444. The number of carbonyl (C=O) groups is 1. The van der Waals surface area contributed by atoms with Crippen LogP contribution in [0.3, 0.4) is 0 Å². The Morgan fingerprint density at radius 1 is 1.00 bits per heavy atom. The van der Waals surface area contributed by atoms with Crippen LogP contribution in [0, 0.1) is 6.92 Å². The van der Waals surface area contributed by atoms with Crippen molar-refractivity contribution in [3.63, 3.8) is 0 Å². The highest BCUT2D eigenvalue weighted by atomic mass is 16.2. The Hall–Kier alpha value is -2.99. The summed E-state index contributed by atoms with van der Waals surface area (Å²) in [6.07, 6.45) is 4.27. The van der Waals surface area contributed by atoms with Gasteiger partial charge in [0.15, 0.2) is 0 Å². The molecule has 1 unspecified atom stereocenters. The van der Waals surface area contributed by atoms with E-state index in [4.69, 9.17) is 0 Å². The van der Waals surface area contributed by atoms with E-state index in [1.54, 1.807) is 0 Å². The molecule has 0 spiro atoms. The smallest absolute Gasteiger partial charge is 0.253 e. The van der Waals surface area contributed by atoms with E-state index in [1.807, 2.05) is 24.0 Å². The van der Waals surface area contributed by atoms with E-state index < -0.39 is 0 Å². The molecule has 3 heterocycles. The summed E-state index contributed by atoms with van der Waals surface area (Å²) in [6.45, 7) is 7.53. The van der Waals surface area contributed by atoms with Gasteiger partial charge in [0.1, 0.15) is 11.6 Å². The summed E-state index contributed by atoms with van der Waals surface area (Å²) < 4.78 is 2.22. The molecule has 2 aromatic carbocycles. The average molecular weight is 444 g/mol. The standard InChI is InChI=1S/C27H33N5O/c1-21-28-29-26-13-12-25(20-32(21)26)23-10-5-11-24(19-23)27(33)31-17-15-30(16-18-31)14-6-9-22-7-3-2-4-8-22/h2-5,7-8,10-11,19,25H,6,9,12-18,20H2,1H3. The highest BCUT2D eigenvalue weighted by Gasteiger charge is 2.25. The second kappa shape index (κ2) is 9.87. The van der Waals surface area contributed by atoms with Crippen LogP contribution >= 0.6 is 0 Å². The van der Waals surface area contributed by atoms with E-state index in [0.717, 1.165) is 82.2 Å². The summed E-state index contributed by atoms with van der Waals surface area (Å²) in [5.41, 5.74) is 3.47. The molecule has 6 nitrogen and oxygen atoms in total. The summed E-state index contributed by atoms with van der Waals surface area (Å²) in [4.78, 5) is 17.7. The molecule has 3 aromatic rings. The number of carbonyl (C=O) groups excluding carboxylic acids is 1. The molecule has 0 saturated carbocycles. The SMILES string of the molecule is Cc1nnc2n1CC(c1cccc(C(=O)N3CCN(CCCc4ccccc4)CC3)c1)CC2. The van der Waals surface area contributed by atoms with Gasteiger partial charge in [0.25, 0.3) is 5.91 Å². The first-order chi connectivity index (χ1) is 16.2. The van der Waals surface area contributed by atoms with Crippen LogP contribution in [0.4, 0.5) is 0 Å².